The van der Waals surface area contributed by atoms with E-state index in [1.807, 2.05) is 48.5 Å². The topological polar surface area (TPSA) is 64.9 Å². The molecule has 0 spiro atoms. The van der Waals surface area contributed by atoms with E-state index in [-0.39, 0.29) is 17.5 Å². The number of benzene rings is 2. The molecular weight excluding hydrogens is 346 g/mol. The minimum atomic E-state index is -0.453. The lowest BCUT2D eigenvalue weighted by Gasteiger charge is -2.19. The van der Waals surface area contributed by atoms with Gasteiger partial charge in [0.25, 0.3) is 5.91 Å². The van der Waals surface area contributed by atoms with Crippen molar-refractivity contribution < 1.29 is 4.79 Å². The molecule has 0 unspecified atom stereocenters. The summed E-state index contributed by atoms with van der Waals surface area (Å²) in [7, 11) is 0. The van der Waals surface area contributed by atoms with Gasteiger partial charge < -0.3 is 10.6 Å². The molecule has 2 aromatic carbocycles. The number of nitrogens with one attached hydrogen (secondary N) is 2. The third-order valence-corrected chi connectivity index (χ3v) is 4.27. The maximum absolute atomic E-state index is 12.2. The summed E-state index contributed by atoms with van der Waals surface area (Å²) < 4.78 is 0. The average Bonchev–Trinajstić information content (AvgIpc) is 2.61. The fourth-order valence-corrected chi connectivity index (χ4v) is 2.49. The fourth-order valence-electron chi connectivity index (χ4n) is 2.28. The molecule has 26 heavy (non-hydrogen) atoms. The SMILES string of the molecule is CC(C)(C)c1ccc(N/C=C(/C#N)C(=O)NCc2ccccc2Cl)cc1. The second-order valence-corrected chi connectivity index (χ2v) is 7.32. The smallest absolute Gasteiger partial charge is 0.263 e. The Labute approximate surface area is 159 Å². The Morgan fingerprint density at radius 2 is 1.81 bits per heavy atom. The zero-order valence-corrected chi connectivity index (χ0v) is 15.9. The molecule has 0 saturated carbocycles. The van der Waals surface area contributed by atoms with Crippen LogP contribution in [-0.4, -0.2) is 5.91 Å². The van der Waals surface area contributed by atoms with E-state index in [0.29, 0.717) is 5.02 Å². The summed E-state index contributed by atoms with van der Waals surface area (Å²) in [6, 6.07) is 17.1. The average molecular weight is 368 g/mol. The second-order valence-electron chi connectivity index (χ2n) is 6.92. The minimum Gasteiger partial charge on any atom is -0.360 e. The summed E-state index contributed by atoms with van der Waals surface area (Å²) in [5, 5.41) is 15.5. The number of rotatable bonds is 5. The van der Waals surface area contributed by atoms with Crippen molar-refractivity contribution >= 4 is 23.2 Å². The van der Waals surface area contributed by atoms with Gasteiger partial charge in [-0.1, -0.05) is 62.7 Å². The van der Waals surface area contributed by atoms with Crippen LogP contribution < -0.4 is 10.6 Å². The highest BCUT2D eigenvalue weighted by molar-refractivity contribution is 6.31. The van der Waals surface area contributed by atoms with Crippen molar-refractivity contribution in [3.63, 3.8) is 0 Å². The van der Waals surface area contributed by atoms with Crippen LogP contribution in [0.1, 0.15) is 31.9 Å². The molecule has 0 saturated heterocycles. The monoisotopic (exact) mass is 367 g/mol. The lowest BCUT2D eigenvalue weighted by Crippen LogP contribution is -2.24. The number of nitriles is 1. The highest BCUT2D eigenvalue weighted by atomic mass is 35.5. The minimum absolute atomic E-state index is 0.00282. The number of hydrogen-bond donors (Lipinski definition) is 2. The van der Waals surface area contributed by atoms with Crippen molar-refractivity contribution in [3.8, 4) is 6.07 Å². The highest BCUT2D eigenvalue weighted by Gasteiger charge is 2.13. The molecule has 0 heterocycles. The van der Waals surface area contributed by atoms with Crippen molar-refractivity contribution in [2.45, 2.75) is 32.7 Å². The molecule has 0 aliphatic heterocycles. The molecule has 0 aromatic heterocycles. The molecule has 0 aliphatic rings. The Kier molecular flexibility index (Phi) is 6.43. The first-order valence-corrected chi connectivity index (χ1v) is 8.68. The first kappa shape index (κ1) is 19.6. The molecule has 2 N–H and O–H groups in total. The number of carbonyl (C=O) groups excluding carboxylic acids is 1. The van der Waals surface area contributed by atoms with Gasteiger partial charge in [0, 0.05) is 23.5 Å². The lowest BCUT2D eigenvalue weighted by molar-refractivity contribution is -0.117. The van der Waals surface area contributed by atoms with Crippen LogP contribution in [0.2, 0.25) is 5.02 Å². The van der Waals surface area contributed by atoms with Crippen molar-refractivity contribution in [2.75, 3.05) is 5.32 Å². The van der Waals surface area contributed by atoms with E-state index >= 15 is 0 Å². The standard InChI is InChI=1S/C21H22ClN3O/c1-21(2,3)17-8-10-18(11-9-17)24-14-16(12-23)20(26)25-13-15-6-4-5-7-19(15)22/h4-11,14,24H,13H2,1-3H3,(H,25,26)/b16-14-. The van der Waals surface area contributed by atoms with E-state index in [9.17, 15) is 10.1 Å². The van der Waals surface area contributed by atoms with E-state index < -0.39 is 5.91 Å². The number of anilines is 1. The molecule has 0 fully saturated rings. The van der Waals surface area contributed by atoms with E-state index in [2.05, 4.69) is 31.4 Å². The Balaban J connectivity index is 2.00. The molecule has 134 valence electrons. The van der Waals surface area contributed by atoms with E-state index in [0.717, 1.165) is 11.3 Å². The fraction of sp³-hybridized carbons (Fsp3) is 0.238. The lowest BCUT2D eigenvalue weighted by atomic mass is 9.87. The molecular formula is C21H22ClN3O. The summed E-state index contributed by atoms with van der Waals surface area (Å²) in [5.41, 5.74) is 2.89. The van der Waals surface area contributed by atoms with Gasteiger partial charge in [-0.15, -0.1) is 0 Å². The summed E-state index contributed by atoms with van der Waals surface area (Å²) in [5.74, 6) is -0.453. The number of hydrogen-bond acceptors (Lipinski definition) is 3. The van der Waals surface area contributed by atoms with Crippen molar-refractivity contribution in [3.05, 3.63) is 76.5 Å². The van der Waals surface area contributed by atoms with E-state index in [4.69, 9.17) is 11.6 Å². The van der Waals surface area contributed by atoms with E-state index in [1.54, 1.807) is 6.07 Å². The van der Waals surface area contributed by atoms with Crippen molar-refractivity contribution in [1.82, 2.24) is 5.32 Å². The summed E-state index contributed by atoms with van der Waals surface area (Å²) in [6.07, 6.45) is 1.41. The molecule has 0 radical (unpaired) electrons. The molecule has 0 bridgehead atoms. The Morgan fingerprint density at radius 1 is 1.15 bits per heavy atom. The van der Waals surface area contributed by atoms with Gasteiger partial charge in [0.2, 0.25) is 0 Å². The quantitative estimate of drug-likeness (QED) is 0.590. The van der Waals surface area contributed by atoms with Crippen LogP contribution >= 0.6 is 11.6 Å². The zero-order valence-electron chi connectivity index (χ0n) is 15.1. The second kappa shape index (κ2) is 8.55. The zero-order chi connectivity index (χ0) is 19.2. The van der Waals surface area contributed by atoms with Crippen LogP contribution in [0.4, 0.5) is 5.69 Å². The molecule has 2 rings (SSSR count). The first-order chi connectivity index (χ1) is 12.3. The van der Waals surface area contributed by atoms with Crippen molar-refractivity contribution in [2.24, 2.45) is 0 Å². The number of halogens is 1. The van der Waals surface area contributed by atoms with Gasteiger partial charge >= 0.3 is 0 Å². The predicted molar refractivity (Wildman–Crippen MR) is 106 cm³/mol. The normalized spacial score (nSPS) is 11.6. The van der Waals surface area contributed by atoms with E-state index in [1.165, 1.54) is 11.8 Å². The Morgan fingerprint density at radius 3 is 2.38 bits per heavy atom. The van der Waals surface area contributed by atoms with Gasteiger partial charge in [0.05, 0.1) is 0 Å². The Bertz CT molecular complexity index is 843. The Hall–Kier alpha value is -2.77. The summed E-state index contributed by atoms with van der Waals surface area (Å²) >= 11 is 6.06. The summed E-state index contributed by atoms with van der Waals surface area (Å²) in [4.78, 5) is 12.2. The number of carbonyl (C=O) groups is 1. The predicted octanol–water partition coefficient (Wildman–Crippen LogP) is 4.77. The molecule has 0 atom stereocenters. The first-order valence-electron chi connectivity index (χ1n) is 8.30. The molecule has 1 amide bonds. The molecule has 2 aromatic rings. The maximum Gasteiger partial charge on any atom is 0.263 e. The molecule has 4 nitrogen and oxygen atoms in total. The van der Waals surface area contributed by atoms with Crippen LogP contribution in [0.25, 0.3) is 0 Å². The van der Waals surface area contributed by atoms with Gasteiger partial charge in [0.15, 0.2) is 0 Å². The van der Waals surface area contributed by atoms with Crippen LogP contribution in [0.5, 0.6) is 0 Å². The number of nitrogens with zero attached hydrogens (tertiary/aromatic N) is 1. The molecule has 5 heteroatoms. The van der Waals surface area contributed by atoms with Gasteiger partial charge in [-0.25, -0.2) is 0 Å². The van der Waals surface area contributed by atoms with Crippen LogP contribution in [0, 0.1) is 11.3 Å². The third kappa shape index (κ3) is 5.37. The van der Waals surface area contributed by atoms with Crippen LogP contribution in [0.3, 0.4) is 0 Å². The van der Waals surface area contributed by atoms with Crippen molar-refractivity contribution in [1.29, 1.82) is 5.26 Å². The van der Waals surface area contributed by atoms with Gasteiger partial charge in [0.1, 0.15) is 11.6 Å². The van der Waals surface area contributed by atoms with Gasteiger partial charge in [-0.2, -0.15) is 5.26 Å². The maximum atomic E-state index is 12.2. The van der Waals surface area contributed by atoms with Crippen LogP contribution in [-0.2, 0) is 16.8 Å². The van der Waals surface area contributed by atoms with Gasteiger partial charge in [-0.05, 0) is 34.7 Å². The molecule has 0 aliphatic carbocycles. The largest absolute Gasteiger partial charge is 0.360 e. The highest BCUT2D eigenvalue weighted by Crippen LogP contribution is 2.23. The van der Waals surface area contributed by atoms with Gasteiger partial charge in [-0.3, -0.25) is 4.79 Å². The summed E-state index contributed by atoms with van der Waals surface area (Å²) in [6.45, 7) is 6.70. The number of amides is 1. The third-order valence-electron chi connectivity index (χ3n) is 3.90. The van der Waals surface area contributed by atoms with Crippen LogP contribution in [0.15, 0.2) is 60.3 Å².